The van der Waals surface area contributed by atoms with Crippen molar-refractivity contribution in [3.63, 3.8) is 0 Å². The van der Waals surface area contributed by atoms with Crippen molar-refractivity contribution < 1.29 is 14.4 Å². The minimum atomic E-state index is -0.112. The average molecular weight is 480 g/mol. The first kappa shape index (κ1) is 27.2. The van der Waals surface area contributed by atoms with Crippen LogP contribution >= 0.6 is 0 Å². The Morgan fingerprint density at radius 2 is 0.853 bits per heavy atom. The summed E-state index contributed by atoms with van der Waals surface area (Å²) in [6, 6.07) is 0. The number of amides is 1. The highest BCUT2D eigenvalue weighted by Crippen LogP contribution is 2.12. The molecule has 0 aromatic carbocycles. The lowest BCUT2D eigenvalue weighted by Gasteiger charge is -2.27. The number of Topliss-reactive ketones (excluding diaryl/α,β-unsaturated/α-hetero) is 2. The highest BCUT2D eigenvalue weighted by atomic mass is 16.2. The van der Waals surface area contributed by atoms with Crippen LogP contribution in [0.2, 0.25) is 0 Å². The van der Waals surface area contributed by atoms with Gasteiger partial charge >= 0.3 is 0 Å². The van der Waals surface area contributed by atoms with Crippen molar-refractivity contribution >= 4 is 17.5 Å². The topological polar surface area (TPSA) is 127 Å². The molecule has 0 atom stereocenters. The maximum Gasteiger partial charge on any atom is 0.228 e. The van der Waals surface area contributed by atoms with Crippen molar-refractivity contribution in [2.45, 2.75) is 25.7 Å². The summed E-state index contributed by atoms with van der Waals surface area (Å²) in [5, 5.41) is 19.9. The Labute approximate surface area is 204 Å². The van der Waals surface area contributed by atoms with Gasteiger partial charge in [0.2, 0.25) is 5.91 Å². The smallest absolute Gasteiger partial charge is 0.228 e. The van der Waals surface area contributed by atoms with Crippen LogP contribution in [0.15, 0.2) is 0 Å². The van der Waals surface area contributed by atoms with Crippen molar-refractivity contribution in [2.24, 2.45) is 17.8 Å². The molecule has 0 bridgehead atoms. The zero-order chi connectivity index (χ0) is 24.0. The number of hydrogen-bond donors (Lipinski definition) is 6. The summed E-state index contributed by atoms with van der Waals surface area (Å²) in [6.45, 7) is 10.6. The standard InChI is InChI=1S/C24H45N7O3/c32-22(19-13-25-5-6-26-14-19)3-1-11-31(24(34)21-17-29-9-10-30-18-21)12-2-4-23(33)20-15-27-7-8-28-16-20/h19-21,25-30H,1-18H2. The Morgan fingerprint density at radius 1 is 0.529 bits per heavy atom. The number of nitrogens with zero attached hydrogens (tertiary/aromatic N) is 1. The highest BCUT2D eigenvalue weighted by Gasteiger charge is 2.26. The summed E-state index contributed by atoms with van der Waals surface area (Å²) in [6.07, 6.45) is 2.30. The summed E-state index contributed by atoms with van der Waals surface area (Å²) in [5.74, 6) is 0.533. The molecule has 0 saturated carbocycles. The Hall–Kier alpha value is -1.43. The second-order valence-corrected chi connectivity index (χ2v) is 9.78. The van der Waals surface area contributed by atoms with E-state index in [4.69, 9.17) is 0 Å². The second kappa shape index (κ2) is 15.5. The van der Waals surface area contributed by atoms with Crippen molar-refractivity contribution in [2.75, 3.05) is 91.6 Å². The molecule has 3 saturated heterocycles. The fourth-order valence-electron chi connectivity index (χ4n) is 4.92. The summed E-state index contributed by atoms with van der Waals surface area (Å²) in [5.41, 5.74) is 0. The van der Waals surface area contributed by atoms with Crippen LogP contribution in [0, 0.1) is 17.8 Å². The van der Waals surface area contributed by atoms with Crippen LogP contribution in [0.4, 0.5) is 0 Å². The Balaban J connectivity index is 1.49. The van der Waals surface area contributed by atoms with Crippen LogP contribution in [-0.2, 0) is 14.4 Å². The molecule has 0 aromatic heterocycles. The van der Waals surface area contributed by atoms with Gasteiger partial charge in [0.15, 0.2) is 0 Å². The first-order valence-corrected chi connectivity index (χ1v) is 13.2. The number of carbonyl (C=O) groups is 3. The van der Waals surface area contributed by atoms with E-state index in [9.17, 15) is 14.4 Å². The molecule has 0 spiro atoms. The van der Waals surface area contributed by atoms with E-state index in [-0.39, 0.29) is 35.2 Å². The molecule has 34 heavy (non-hydrogen) atoms. The lowest BCUT2D eigenvalue weighted by molar-refractivity contribution is -0.136. The fourth-order valence-corrected chi connectivity index (χ4v) is 4.92. The van der Waals surface area contributed by atoms with Gasteiger partial charge in [0, 0.05) is 116 Å². The molecular weight excluding hydrogens is 434 g/mol. The Kier molecular flexibility index (Phi) is 12.4. The number of hydrogen-bond acceptors (Lipinski definition) is 9. The molecule has 0 aromatic rings. The van der Waals surface area contributed by atoms with Crippen LogP contribution in [0.25, 0.3) is 0 Å². The molecule has 3 aliphatic rings. The molecular formula is C24H45N7O3. The van der Waals surface area contributed by atoms with E-state index >= 15 is 0 Å². The van der Waals surface area contributed by atoms with E-state index < -0.39 is 0 Å². The summed E-state index contributed by atoms with van der Waals surface area (Å²) in [7, 11) is 0. The summed E-state index contributed by atoms with van der Waals surface area (Å²) in [4.78, 5) is 40.6. The molecule has 3 heterocycles. The molecule has 3 aliphatic heterocycles. The van der Waals surface area contributed by atoms with Gasteiger partial charge in [-0.1, -0.05) is 0 Å². The Bertz CT molecular complexity index is 586. The van der Waals surface area contributed by atoms with Crippen molar-refractivity contribution in [1.82, 2.24) is 36.8 Å². The molecule has 0 unspecified atom stereocenters. The van der Waals surface area contributed by atoms with Crippen LogP contribution in [0.1, 0.15) is 25.7 Å². The van der Waals surface area contributed by atoms with E-state index in [0.717, 1.165) is 65.4 Å². The van der Waals surface area contributed by atoms with E-state index in [2.05, 4.69) is 31.9 Å². The predicted molar refractivity (Wildman–Crippen MR) is 133 cm³/mol. The molecule has 6 N–H and O–H groups in total. The molecule has 0 aliphatic carbocycles. The van der Waals surface area contributed by atoms with E-state index in [1.54, 1.807) is 0 Å². The zero-order valence-electron chi connectivity index (χ0n) is 20.6. The largest absolute Gasteiger partial charge is 0.342 e. The van der Waals surface area contributed by atoms with Crippen molar-refractivity contribution in [1.29, 1.82) is 0 Å². The Morgan fingerprint density at radius 3 is 1.21 bits per heavy atom. The van der Waals surface area contributed by atoms with Gasteiger partial charge in [0.25, 0.3) is 0 Å². The fraction of sp³-hybridized carbons (Fsp3) is 0.875. The first-order valence-electron chi connectivity index (χ1n) is 13.2. The summed E-state index contributed by atoms with van der Waals surface area (Å²) >= 11 is 0. The first-order chi connectivity index (χ1) is 16.6. The molecule has 10 nitrogen and oxygen atoms in total. The monoisotopic (exact) mass is 479 g/mol. The van der Waals surface area contributed by atoms with Gasteiger partial charge in [-0.15, -0.1) is 0 Å². The predicted octanol–water partition coefficient (Wildman–Crippen LogP) is -2.06. The lowest BCUT2D eigenvalue weighted by Crippen LogP contribution is -2.43. The third-order valence-electron chi connectivity index (χ3n) is 7.05. The van der Waals surface area contributed by atoms with Gasteiger partial charge in [0.05, 0.1) is 5.92 Å². The molecule has 10 heteroatoms. The van der Waals surface area contributed by atoms with Crippen LogP contribution in [0.5, 0.6) is 0 Å². The minimum Gasteiger partial charge on any atom is -0.342 e. The second-order valence-electron chi connectivity index (χ2n) is 9.78. The summed E-state index contributed by atoms with van der Waals surface area (Å²) < 4.78 is 0. The van der Waals surface area contributed by atoms with Gasteiger partial charge in [-0.05, 0) is 12.8 Å². The van der Waals surface area contributed by atoms with Crippen LogP contribution in [-0.4, -0.2) is 114 Å². The van der Waals surface area contributed by atoms with E-state index in [1.165, 1.54) is 0 Å². The lowest BCUT2D eigenvalue weighted by atomic mass is 9.99. The highest BCUT2D eigenvalue weighted by molar-refractivity contribution is 5.82. The number of ketones is 2. The minimum absolute atomic E-state index is 0.00123. The van der Waals surface area contributed by atoms with E-state index in [0.29, 0.717) is 51.9 Å². The van der Waals surface area contributed by atoms with E-state index in [1.807, 2.05) is 4.90 Å². The third kappa shape index (κ3) is 9.31. The molecule has 1 amide bonds. The zero-order valence-corrected chi connectivity index (χ0v) is 20.6. The number of rotatable bonds is 11. The van der Waals surface area contributed by atoms with Gasteiger partial charge in [0.1, 0.15) is 11.6 Å². The maximum atomic E-state index is 13.3. The van der Waals surface area contributed by atoms with Crippen LogP contribution in [0.3, 0.4) is 0 Å². The van der Waals surface area contributed by atoms with Gasteiger partial charge in [-0.25, -0.2) is 0 Å². The van der Waals surface area contributed by atoms with Crippen LogP contribution < -0.4 is 31.9 Å². The van der Waals surface area contributed by atoms with Crippen molar-refractivity contribution in [3.05, 3.63) is 0 Å². The molecule has 3 fully saturated rings. The van der Waals surface area contributed by atoms with Gasteiger partial charge < -0.3 is 36.8 Å². The van der Waals surface area contributed by atoms with Gasteiger partial charge in [-0.2, -0.15) is 0 Å². The maximum absolute atomic E-state index is 13.3. The average Bonchev–Trinajstić information content (AvgIpc) is 3.39. The molecule has 0 radical (unpaired) electrons. The number of carbonyl (C=O) groups excluding carboxylic acids is 3. The quantitative estimate of drug-likeness (QED) is 0.198. The SMILES string of the molecule is O=C(CCCN(CCCC(=O)C1CNCCNC1)C(=O)C1CNCCNC1)C1CNCCNC1. The third-order valence-corrected chi connectivity index (χ3v) is 7.05. The molecule has 194 valence electrons. The normalized spacial score (nSPS) is 21.9. The van der Waals surface area contributed by atoms with Crippen molar-refractivity contribution in [3.8, 4) is 0 Å². The van der Waals surface area contributed by atoms with Gasteiger partial charge in [-0.3, -0.25) is 14.4 Å². The molecule has 3 rings (SSSR count). The number of nitrogens with one attached hydrogen (secondary N) is 6.